The summed E-state index contributed by atoms with van der Waals surface area (Å²) in [6.45, 7) is 8.39. The Hall–Kier alpha value is -1.11. The number of hydrogen-bond acceptors (Lipinski definition) is 1. The maximum absolute atomic E-state index is 4.30. The van der Waals surface area contributed by atoms with Crippen molar-refractivity contribution in [2.75, 3.05) is 0 Å². The zero-order chi connectivity index (χ0) is 9.14. The van der Waals surface area contributed by atoms with Crippen LogP contribution in [0.3, 0.4) is 0 Å². The normalized spacial score (nSPS) is 9.67. The Bertz CT molecular complexity index is 307. The van der Waals surface area contributed by atoms with Gasteiger partial charge in [0.1, 0.15) is 0 Å². The molecule has 12 heavy (non-hydrogen) atoms. The van der Waals surface area contributed by atoms with Crippen LogP contribution in [0, 0.1) is 13.8 Å². The van der Waals surface area contributed by atoms with Gasteiger partial charge in [-0.25, -0.2) is 0 Å². The van der Waals surface area contributed by atoms with E-state index in [9.17, 15) is 0 Å². The molecule has 0 aliphatic heterocycles. The third-order valence-electron chi connectivity index (χ3n) is 1.94. The molecule has 0 fully saturated rings. The van der Waals surface area contributed by atoms with Crippen LogP contribution in [0.2, 0.25) is 0 Å². The summed E-state index contributed by atoms with van der Waals surface area (Å²) in [5, 5.41) is 0. The molecule has 1 heterocycles. The van der Waals surface area contributed by atoms with Gasteiger partial charge >= 0.3 is 0 Å². The standard InChI is InChI=1S/C11H15N/c1-8(2)7-11-10(4)9(3)5-6-12-11/h5-7H,1-4H3. The Morgan fingerprint density at radius 2 is 2.00 bits per heavy atom. The van der Waals surface area contributed by atoms with Crippen molar-refractivity contribution in [3.63, 3.8) is 0 Å². The lowest BCUT2D eigenvalue weighted by molar-refractivity contribution is 1.18. The van der Waals surface area contributed by atoms with Crippen LogP contribution in [0.1, 0.15) is 30.7 Å². The number of hydrogen-bond donors (Lipinski definition) is 0. The lowest BCUT2D eigenvalue weighted by Crippen LogP contribution is -1.89. The summed E-state index contributed by atoms with van der Waals surface area (Å²) < 4.78 is 0. The van der Waals surface area contributed by atoms with Gasteiger partial charge in [-0.15, -0.1) is 0 Å². The van der Waals surface area contributed by atoms with E-state index < -0.39 is 0 Å². The highest BCUT2D eigenvalue weighted by Gasteiger charge is 1.97. The summed E-state index contributed by atoms with van der Waals surface area (Å²) in [7, 11) is 0. The van der Waals surface area contributed by atoms with Gasteiger partial charge in [0.15, 0.2) is 0 Å². The maximum atomic E-state index is 4.30. The van der Waals surface area contributed by atoms with Crippen LogP contribution in [0.25, 0.3) is 6.08 Å². The number of aromatic nitrogens is 1. The van der Waals surface area contributed by atoms with Crippen LogP contribution in [-0.4, -0.2) is 4.98 Å². The minimum absolute atomic E-state index is 1.09. The van der Waals surface area contributed by atoms with Crippen LogP contribution < -0.4 is 0 Å². The van der Waals surface area contributed by atoms with Crippen molar-refractivity contribution in [1.29, 1.82) is 0 Å². The van der Waals surface area contributed by atoms with E-state index in [0.717, 1.165) is 5.69 Å². The lowest BCUT2D eigenvalue weighted by Gasteiger charge is -2.02. The van der Waals surface area contributed by atoms with Gasteiger partial charge in [-0.3, -0.25) is 4.98 Å². The zero-order valence-corrected chi connectivity index (χ0v) is 8.18. The summed E-state index contributed by atoms with van der Waals surface area (Å²) >= 11 is 0. The van der Waals surface area contributed by atoms with E-state index in [1.165, 1.54) is 16.7 Å². The van der Waals surface area contributed by atoms with Crippen LogP contribution >= 0.6 is 0 Å². The van der Waals surface area contributed by atoms with Gasteiger partial charge in [-0.1, -0.05) is 5.57 Å². The number of rotatable bonds is 1. The molecular formula is C11H15N. The van der Waals surface area contributed by atoms with Crippen LogP contribution in [0.15, 0.2) is 17.8 Å². The van der Waals surface area contributed by atoms with Crippen molar-refractivity contribution in [3.8, 4) is 0 Å². The minimum Gasteiger partial charge on any atom is -0.257 e. The molecule has 64 valence electrons. The van der Waals surface area contributed by atoms with Crippen molar-refractivity contribution in [3.05, 3.63) is 34.7 Å². The number of allylic oxidation sites excluding steroid dienone is 1. The molecular weight excluding hydrogens is 146 g/mol. The second kappa shape index (κ2) is 3.53. The third-order valence-corrected chi connectivity index (χ3v) is 1.94. The van der Waals surface area contributed by atoms with Crippen LogP contribution in [-0.2, 0) is 0 Å². The molecule has 0 amide bonds. The van der Waals surface area contributed by atoms with E-state index in [1.807, 2.05) is 12.3 Å². The Balaban J connectivity index is 3.17. The number of aryl methyl sites for hydroxylation is 1. The van der Waals surface area contributed by atoms with Gasteiger partial charge in [-0.05, 0) is 51.0 Å². The quantitative estimate of drug-likeness (QED) is 0.616. The van der Waals surface area contributed by atoms with Crippen molar-refractivity contribution in [1.82, 2.24) is 4.98 Å². The average Bonchev–Trinajstić information content (AvgIpc) is 1.98. The van der Waals surface area contributed by atoms with E-state index in [1.54, 1.807) is 0 Å². The summed E-state index contributed by atoms with van der Waals surface area (Å²) in [4.78, 5) is 4.30. The van der Waals surface area contributed by atoms with Gasteiger partial charge in [0.2, 0.25) is 0 Å². The predicted octanol–water partition coefficient (Wildman–Crippen LogP) is 3.12. The van der Waals surface area contributed by atoms with Gasteiger partial charge in [-0.2, -0.15) is 0 Å². The molecule has 0 atom stereocenters. The molecule has 1 nitrogen and oxygen atoms in total. The monoisotopic (exact) mass is 161 g/mol. The van der Waals surface area contributed by atoms with E-state index in [2.05, 4.69) is 38.8 Å². The molecule has 0 spiro atoms. The summed E-state index contributed by atoms with van der Waals surface area (Å²) in [6, 6.07) is 2.04. The molecule has 0 bridgehead atoms. The molecule has 1 rings (SSSR count). The van der Waals surface area contributed by atoms with E-state index in [-0.39, 0.29) is 0 Å². The summed E-state index contributed by atoms with van der Waals surface area (Å²) in [5.41, 5.74) is 4.96. The molecule has 0 aromatic carbocycles. The van der Waals surface area contributed by atoms with Crippen molar-refractivity contribution in [2.24, 2.45) is 0 Å². The second-order valence-corrected chi connectivity index (χ2v) is 3.36. The van der Waals surface area contributed by atoms with Crippen molar-refractivity contribution >= 4 is 6.08 Å². The van der Waals surface area contributed by atoms with E-state index in [0.29, 0.717) is 0 Å². The molecule has 1 aromatic rings. The first-order chi connectivity index (χ1) is 5.61. The Morgan fingerprint density at radius 1 is 1.33 bits per heavy atom. The lowest BCUT2D eigenvalue weighted by atomic mass is 10.1. The zero-order valence-electron chi connectivity index (χ0n) is 8.18. The van der Waals surface area contributed by atoms with Gasteiger partial charge in [0.05, 0.1) is 5.69 Å². The second-order valence-electron chi connectivity index (χ2n) is 3.36. The first kappa shape index (κ1) is 8.98. The summed E-state index contributed by atoms with van der Waals surface area (Å²) in [6.07, 6.45) is 3.97. The first-order valence-electron chi connectivity index (χ1n) is 4.18. The third kappa shape index (κ3) is 1.94. The topological polar surface area (TPSA) is 12.9 Å². The van der Waals surface area contributed by atoms with Crippen LogP contribution in [0.5, 0.6) is 0 Å². The molecule has 0 saturated carbocycles. The highest BCUT2D eigenvalue weighted by Crippen LogP contribution is 2.12. The molecule has 0 radical (unpaired) electrons. The highest BCUT2D eigenvalue weighted by molar-refractivity contribution is 5.52. The Labute approximate surface area is 74.2 Å². The first-order valence-corrected chi connectivity index (χ1v) is 4.18. The predicted molar refractivity (Wildman–Crippen MR) is 53.0 cm³/mol. The number of nitrogens with zero attached hydrogens (tertiary/aromatic N) is 1. The highest BCUT2D eigenvalue weighted by atomic mass is 14.7. The fraction of sp³-hybridized carbons (Fsp3) is 0.364. The van der Waals surface area contributed by atoms with E-state index >= 15 is 0 Å². The molecule has 0 aliphatic rings. The maximum Gasteiger partial charge on any atom is 0.0660 e. The van der Waals surface area contributed by atoms with E-state index in [4.69, 9.17) is 0 Å². The molecule has 0 saturated heterocycles. The van der Waals surface area contributed by atoms with Gasteiger partial charge < -0.3 is 0 Å². The smallest absolute Gasteiger partial charge is 0.0660 e. The largest absolute Gasteiger partial charge is 0.257 e. The number of pyridine rings is 1. The molecule has 1 heteroatoms. The average molecular weight is 161 g/mol. The van der Waals surface area contributed by atoms with Crippen molar-refractivity contribution in [2.45, 2.75) is 27.7 Å². The SMILES string of the molecule is CC(C)=Cc1nccc(C)c1C. The fourth-order valence-electron chi connectivity index (χ4n) is 1.07. The molecule has 0 unspecified atom stereocenters. The molecule has 0 aliphatic carbocycles. The minimum atomic E-state index is 1.09. The fourth-order valence-corrected chi connectivity index (χ4v) is 1.07. The van der Waals surface area contributed by atoms with Crippen molar-refractivity contribution < 1.29 is 0 Å². The van der Waals surface area contributed by atoms with Crippen LogP contribution in [0.4, 0.5) is 0 Å². The molecule has 0 N–H and O–H groups in total. The van der Waals surface area contributed by atoms with Gasteiger partial charge in [0.25, 0.3) is 0 Å². The summed E-state index contributed by atoms with van der Waals surface area (Å²) in [5.74, 6) is 0. The Morgan fingerprint density at radius 3 is 2.58 bits per heavy atom. The van der Waals surface area contributed by atoms with Gasteiger partial charge in [0, 0.05) is 6.20 Å². The molecule has 1 aromatic heterocycles. The Kier molecular flexibility index (Phi) is 2.64.